The molecule has 1 aliphatic rings. The molecule has 1 aliphatic carbocycles. The highest BCUT2D eigenvalue weighted by Crippen LogP contribution is 2.35. The van der Waals surface area contributed by atoms with Crippen molar-refractivity contribution in [2.45, 2.75) is 38.5 Å². The van der Waals surface area contributed by atoms with E-state index < -0.39 is 0 Å². The molecule has 1 fully saturated rings. The average Bonchev–Trinajstić information content (AvgIpc) is 2.67. The molecule has 92 valence electrons. The van der Waals surface area contributed by atoms with Crippen LogP contribution in [0.4, 0.5) is 0 Å². The number of nitrogens with two attached hydrogens (primary N) is 1. The second-order valence-electron chi connectivity index (χ2n) is 4.94. The highest BCUT2D eigenvalue weighted by atomic mass is 15.4. The molecule has 0 atom stereocenters. The highest BCUT2D eigenvalue weighted by molar-refractivity contribution is 5.37. The molecule has 2 heterocycles. The first kappa shape index (κ1) is 10.8. The Kier molecular flexibility index (Phi) is 2.43. The Morgan fingerprint density at radius 3 is 2.76 bits per heavy atom. The Bertz CT molecular complexity index is 547. The number of aryl methyl sites for hydroxylation is 2. The maximum absolute atomic E-state index is 5.65. The molecular formula is C12H19N5. The van der Waals surface area contributed by atoms with Crippen molar-refractivity contribution in [1.82, 2.24) is 19.2 Å². The van der Waals surface area contributed by atoms with Crippen LogP contribution in [0, 0.1) is 6.92 Å². The molecule has 1 saturated carbocycles. The van der Waals surface area contributed by atoms with Crippen LogP contribution in [0.5, 0.6) is 0 Å². The summed E-state index contributed by atoms with van der Waals surface area (Å²) in [6.07, 6.45) is 4.70. The summed E-state index contributed by atoms with van der Waals surface area (Å²) < 4.78 is 4.12. The van der Waals surface area contributed by atoms with Crippen molar-refractivity contribution in [1.29, 1.82) is 0 Å². The van der Waals surface area contributed by atoms with Crippen LogP contribution in [0.3, 0.4) is 0 Å². The quantitative estimate of drug-likeness (QED) is 0.865. The number of nitrogens with zero attached hydrogens (tertiary/aromatic N) is 4. The lowest BCUT2D eigenvalue weighted by molar-refractivity contribution is 0.392. The van der Waals surface area contributed by atoms with E-state index in [-0.39, 0.29) is 0 Å². The van der Waals surface area contributed by atoms with Gasteiger partial charge in [-0.15, -0.1) is 0 Å². The molecule has 2 aromatic rings. The van der Waals surface area contributed by atoms with E-state index in [1.165, 1.54) is 25.1 Å². The van der Waals surface area contributed by atoms with E-state index in [4.69, 9.17) is 10.8 Å². The lowest BCUT2D eigenvalue weighted by atomic mass is 9.85. The lowest BCUT2D eigenvalue weighted by Gasteiger charge is -2.23. The van der Waals surface area contributed by atoms with Gasteiger partial charge in [0.1, 0.15) is 5.82 Å². The maximum atomic E-state index is 5.65. The minimum atomic E-state index is 0.632. The van der Waals surface area contributed by atoms with Gasteiger partial charge in [-0.05, 0) is 26.3 Å². The molecule has 0 saturated heterocycles. The van der Waals surface area contributed by atoms with Crippen molar-refractivity contribution in [2.24, 2.45) is 12.8 Å². The van der Waals surface area contributed by atoms with Crippen LogP contribution in [0.15, 0.2) is 0 Å². The molecule has 5 nitrogen and oxygen atoms in total. The van der Waals surface area contributed by atoms with Gasteiger partial charge in [0.15, 0.2) is 0 Å². The van der Waals surface area contributed by atoms with E-state index in [0.717, 1.165) is 23.6 Å². The molecule has 0 spiro atoms. The molecule has 0 unspecified atom stereocenters. The third-order valence-corrected chi connectivity index (χ3v) is 3.83. The second-order valence-corrected chi connectivity index (χ2v) is 4.94. The highest BCUT2D eigenvalue weighted by Gasteiger charge is 2.26. The average molecular weight is 233 g/mol. The van der Waals surface area contributed by atoms with Gasteiger partial charge in [-0.1, -0.05) is 6.42 Å². The van der Waals surface area contributed by atoms with E-state index in [1.807, 2.05) is 11.4 Å². The van der Waals surface area contributed by atoms with Gasteiger partial charge < -0.3 is 5.73 Å². The van der Waals surface area contributed by atoms with Gasteiger partial charge in [0.25, 0.3) is 0 Å². The number of aromatic nitrogens is 4. The Morgan fingerprint density at radius 1 is 1.41 bits per heavy atom. The van der Waals surface area contributed by atoms with E-state index in [2.05, 4.69) is 16.6 Å². The SMILES string of the molecule is Cc1nc2n(C)c(C3CCC3)nn2c1CCN. The van der Waals surface area contributed by atoms with E-state index in [1.54, 1.807) is 0 Å². The first-order valence-corrected chi connectivity index (χ1v) is 6.33. The molecule has 2 aromatic heterocycles. The fourth-order valence-electron chi connectivity index (χ4n) is 2.58. The van der Waals surface area contributed by atoms with E-state index in [0.29, 0.717) is 12.5 Å². The first-order chi connectivity index (χ1) is 8.22. The van der Waals surface area contributed by atoms with E-state index >= 15 is 0 Å². The predicted molar refractivity (Wildman–Crippen MR) is 66.0 cm³/mol. The van der Waals surface area contributed by atoms with Crippen molar-refractivity contribution in [3.63, 3.8) is 0 Å². The largest absolute Gasteiger partial charge is 0.330 e. The molecule has 5 heteroatoms. The fraction of sp³-hybridized carbons (Fsp3) is 0.667. The van der Waals surface area contributed by atoms with Crippen LogP contribution < -0.4 is 5.73 Å². The Hall–Kier alpha value is -1.36. The Morgan fingerprint density at radius 2 is 2.18 bits per heavy atom. The third-order valence-electron chi connectivity index (χ3n) is 3.83. The molecule has 0 bridgehead atoms. The summed E-state index contributed by atoms with van der Waals surface area (Å²) in [7, 11) is 2.06. The summed E-state index contributed by atoms with van der Waals surface area (Å²) in [6, 6.07) is 0. The van der Waals surface area contributed by atoms with Crippen molar-refractivity contribution < 1.29 is 0 Å². The first-order valence-electron chi connectivity index (χ1n) is 6.33. The van der Waals surface area contributed by atoms with Gasteiger partial charge in [-0.25, -0.2) is 9.50 Å². The Balaban J connectivity index is 2.12. The lowest BCUT2D eigenvalue weighted by Crippen LogP contribution is -2.14. The second kappa shape index (κ2) is 3.84. The monoisotopic (exact) mass is 233 g/mol. The summed E-state index contributed by atoms with van der Waals surface area (Å²) in [6.45, 7) is 2.67. The normalized spacial score (nSPS) is 16.6. The summed E-state index contributed by atoms with van der Waals surface area (Å²) in [5, 5.41) is 4.74. The zero-order chi connectivity index (χ0) is 12.0. The van der Waals surface area contributed by atoms with E-state index in [9.17, 15) is 0 Å². The van der Waals surface area contributed by atoms with Crippen LogP contribution in [0.2, 0.25) is 0 Å². The fourth-order valence-corrected chi connectivity index (χ4v) is 2.58. The predicted octanol–water partition coefficient (Wildman–Crippen LogP) is 1.14. The topological polar surface area (TPSA) is 61.1 Å². The smallest absolute Gasteiger partial charge is 0.232 e. The van der Waals surface area contributed by atoms with Gasteiger partial charge in [0.2, 0.25) is 5.78 Å². The van der Waals surface area contributed by atoms with Crippen molar-refractivity contribution in [3.05, 3.63) is 17.2 Å². The number of hydrogen-bond donors (Lipinski definition) is 1. The number of imidazole rings is 1. The standard InChI is InChI=1S/C12H19N5/c1-8-10(6-7-13)17-12(14-8)16(2)11(15-17)9-4-3-5-9/h9H,3-7,13H2,1-2H3. The minimum absolute atomic E-state index is 0.632. The molecule has 17 heavy (non-hydrogen) atoms. The summed E-state index contributed by atoms with van der Waals surface area (Å²) in [4.78, 5) is 4.60. The van der Waals surface area contributed by atoms with Crippen molar-refractivity contribution in [3.8, 4) is 0 Å². The number of rotatable bonds is 3. The molecule has 3 rings (SSSR count). The van der Waals surface area contributed by atoms with Gasteiger partial charge in [0, 0.05) is 19.4 Å². The van der Waals surface area contributed by atoms with Crippen molar-refractivity contribution >= 4 is 5.78 Å². The summed E-state index contributed by atoms with van der Waals surface area (Å²) in [5.41, 5.74) is 7.85. The zero-order valence-electron chi connectivity index (χ0n) is 10.5. The van der Waals surface area contributed by atoms with Crippen LogP contribution in [0.1, 0.15) is 42.4 Å². The summed E-state index contributed by atoms with van der Waals surface area (Å²) in [5.74, 6) is 2.76. The van der Waals surface area contributed by atoms with Crippen LogP contribution >= 0.6 is 0 Å². The van der Waals surface area contributed by atoms with Gasteiger partial charge in [0.05, 0.1) is 11.4 Å². The van der Waals surface area contributed by atoms with Gasteiger partial charge in [-0.2, -0.15) is 5.10 Å². The minimum Gasteiger partial charge on any atom is -0.330 e. The Labute approximate surface area is 101 Å². The third kappa shape index (κ3) is 1.49. The molecule has 0 radical (unpaired) electrons. The molecule has 0 aliphatic heterocycles. The van der Waals surface area contributed by atoms with Crippen LogP contribution in [0.25, 0.3) is 5.78 Å². The van der Waals surface area contributed by atoms with Crippen LogP contribution in [-0.4, -0.2) is 25.7 Å². The molecule has 2 N–H and O–H groups in total. The molecular weight excluding hydrogens is 214 g/mol. The van der Waals surface area contributed by atoms with Gasteiger partial charge >= 0.3 is 0 Å². The van der Waals surface area contributed by atoms with Crippen molar-refractivity contribution in [2.75, 3.05) is 6.54 Å². The maximum Gasteiger partial charge on any atom is 0.232 e. The van der Waals surface area contributed by atoms with Crippen LogP contribution in [-0.2, 0) is 13.5 Å². The number of fused-ring (bicyclic) bond motifs is 1. The van der Waals surface area contributed by atoms with Gasteiger partial charge in [-0.3, -0.25) is 4.57 Å². The number of hydrogen-bond acceptors (Lipinski definition) is 3. The molecule has 0 aromatic carbocycles. The summed E-state index contributed by atoms with van der Waals surface area (Å²) >= 11 is 0. The zero-order valence-corrected chi connectivity index (χ0v) is 10.5. The molecule has 0 amide bonds.